The largest absolute Gasteiger partial charge is 0.445 e. The minimum atomic E-state index is -4.37. The van der Waals surface area contributed by atoms with E-state index < -0.39 is 11.7 Å². The number of hydrogen-bond donors (Lipinski definition) is 0. The molecule has 0 aromatic heterocycles. The molecule has 2 aliphatic rings. The Morgan fingerprint density at radius 3 is 2.44 bits per heavy atom. The van der Waals surface area contributed by atoms with Gasteiger partial charge in [-0.3, -0.25) is 0 Å². The van der Waals surface area contributed by atoms with E-state index in [0.29, 0.717) is 12.5 Å². The Labute approximate surface area is 184 Å². The maximum Gasteiger partial charge on any atom is 0.416 e. The number of benzene rings is 3. The minimum absolute atomic E-state index is 0.134. The summed E-state index contributed by atoms with van der Waals surface area (Å²) in [7, 11) is 0. The first kappa shape index (κ1) is 20.6. The summed E-state index contributed by atoms with van der Waals surface area (Å²) in [6.07, 6.45) is -3.06. The summed E-state index contributed by atoms with van der Waals surface area (Å²) in [5.74, 6) is 0.350. The molecule has 3 aromatic carbocycles. The van der Waals surface area contributed by atoms with Gasteiger partial charge in [-0.1, -0.05) is 60.7 Å². The monoisotopic (exact) mass is 437 g/mol. The van der Waals surface area contributed by atoms with E-state index in [9.17, 15) is 18.0 Å². The number of halogens is 3. The summed E-state index contributed by atoms with van der Waals surface area (Å²) in [6, 6.07) is 20.6. The third-order valence-corrected chi connectivity index (χ3v) is 6.48. The maximum atomic E-state index is 13.0. The molecule has 32 heavy (non-hydrogen) atoms. The van der Waals surface area contributed by atoms with Crippen LogP contribution in [-0.4, -0.2) is 17.5 Å². The fourth-order valence-corrected chi connectivity index (χ4v) is 4.94. The predicted molar refractivity (Wildman–Crippen MR) is 115 cm³/mol. The molecule has 3 nitrogen and oxygen atoms in total. The molecule has 1 saturated heterocycles. The van der Waals surface area contributed by atoms with E-state index in [1.807, 2.05) is 42.5 Å². The van der Waals surface area contributed by atoms with Crippen molar-refractivity contribution in [2.45, 2.75) is 37.6 Å². The van der Waals surface area contributed by atoms with Crippen molar-refractivity contribution < 1.29 is 22.7 Å². The lowest BCUT2D eigenvalue weighted by Gasteiger charge is -2.33. The van der Waals surface area contributed by atoms with E-state index >= 15 is 0 Å². The van der Waals surface area contributed by atoms with Crippen LogP contribution in [-0.2, 0) is 17.5 Å². The summed E-state index contributed by atoms with van der Waals surface area (Å²) < 4.78 is 44.6. The molecule has 1 heterocycles. The van der Waals surface area contributed by atoms with Gasteiger partial charge in [0.25, 0.3) is 0 Å². The fraction of sp³-hybridized carbons (Fsp3) is 0.269. The van der Waals surface area contributed by atoms with Crippen LogP contribution in [0.25, 0.3) is 11.1 Å². The zero-order chi connectivity index (χ0) is 22.3. The van der Waals surface area contributed by atoms with Gasteiger partial charge in [0.1, 0.15) is 6.61 Å². The lowest BCUT2D eigenvalue weighted by molar-refractivity contribution is -0.137. The number of hydrogen-bond acceptors (Lipinski definition) is 2. The highest BCUT2D eigenvalue weighted by Crippen LogP contribution is 2.52. The van der Waals surface area contributed by atoms with Gasteiger partial charge in [-0.2, -0.15) is 13.2 Å². The molecule has 0 radical (unpaired) electrons. The normalized spacial score (nSPS) is 19.5. The van der Waals surface area contributed by atoms with Gasteiger partial charge in [-0.25, -0.2) is 4.79 Å². The van der Waals surface area contributed by atoms with Crippen molar-refractivity contribution in [2.24, 2.45) is 0 Å². The quantitative estimate of drug-likeness (QED) is 0.444. The number of piperidine rings is 1. The number of amides is 1. The highest BCUT2D eigenvalue weighted by atomic mass is 19.4. The summed E-state index contributed by atoms with van der Waals surface area (Å²) in [5, 5.41) is 0. The third kappa shape index (κ3) is 3.74. The third-order valence-electron chi connectivity index (χ3n) is 6.48. The van der Waals surface area contributed by atoms with Gasteiger partial charge in [0.15, 0.2) is 0 Å². The summed E-state index contributed by atoms with van der Waals surface area (Å²) in [6.45, 7) is 0.809. The van der Waals surface area contributed by atoms with Crippen molar-refractivity contribution in [3.8, 4) is 11.1 Å². The van der Waals surface area contributed by atoms with E-state index in [0.717, 1.165) is 47.2 Å². The van der Waals surface area contributed by atoms with Gasteiger partial charge in [0.2, 0.25) is 0 Å². The molecule has 1 aliphatic heterocycles. The van der Waals surface area contributed by atoms with E-state index in [2.05, 4.69) is 6.07 Å². The predicted octanol–water partition coefficient (Wildman–Crippen LogP) is 6.94. The molecule has 2 atom stereocenters. The number of fused-ring (bicyclic) bond motifs is 5. The lowest BCUT2D eigenvalue weighted by atomic mass is 9.93. The van der Waals surface area contributed by atoms with Crippen LogP contribution < -0.4 is 0 Å². The van der Waals surface area contributed by atoms with Gasteiger partial charge in [-0.15, -0.1) is 0 Å². The van der Waals surface area contributed by atoms with Crippen molar-refractivity contribution in [1.82, 2.24) is 4.90 Å². The lowest BCUT2D eigenvalue weighted by Crippen LogP contribution is -2.38. The second-order valence-electron chi connectivity index (χ2n) is 8.35. The first-order chi connectivity index (χ1) is 15.4. The number of rotatable bonds is 3. The number of likely N-dealkylation sites (tertiary alicyclic amines) is 1. The van der Waals surface area contributed by atoms with E-state index in [1.165, 1.54) is 17.7 Å². The molecular formula is C26H22F3NO2. The van der Waals surface area contributed by atoms with Crippen molar-refractivity contribution in [3.63, 3.8) is 0 Å². The summed E-state index contributed by atoms with van der Waals surface area (Å²) >= 11 is 0. The van der Waals surface area contributed by atoms with Gasteiger partial charge in [-0.05, 0) is 58.7 Å². The minimum Gasteiger partial charge on any atom is -0.445 e. The highest BCUT2D eigenvalue weighted by molar-refractivity contribution is 5.75. The smallest absolute Gasteiger partial charge is 0.416 e. The van der Waals surface area contributed by atoms with Crippen molar-refractivity contribution in [3.05, 3.63) is 95.1 Å². The number of carbonyl (C=O) groups is 1. The Morgan fingerprint density at radius 2 is 1.72 bits per heavy atom. The molecular weight excluding hydrogens is 415 g/mol. The van der Waals surface area contributed by atoms with Crippen LogP contribution in [0, 0.1) is 0 Å². The Kier molecular flexibility index (Phi) is 5.16. The van der Waals surface area contributed by atoms with Crippen LogP contribution in [0.15, 0.2) is 72.8 Å². The van der Waals surface area contributed by atoms with Crippen LogP contribution in [0.1, 0.15) is 47.1 Å². The molecule has 164 valence electrons. The summed E-state index contributed by atoms with van der Waals surface area (Å²) in [4.78, 5) is 14.7. The molecule has 1 amide bonds. The fourth-order valence-electron chi connectivity index (χ4n) is 4.94. The average Bonchev–Trinajstić information content (AvgIpc) is 3.10. The molecule has 3 aromatic rings. The average molecular weight is 437 g/mol. The molecule has 6 heteroatoms. The van der Waals surface area contributed by atoms with Gasteiger partial charge < -0.3 is 9.64 Å². The second-order valence-corrected chi connectivity index (χ2v) is 8.35. The molecule has 0 unspecified atom stereocenters. The molecule has 2 bridgehead atoms. The zero-order valence-electron chi connectivity index (χ0n) is 17.3. The Hall–Kier alpha value is -3.28. The van der Waals surface area contributed by atoms with Crippen LogP contribution in [0.3, 0.4) is 0 Å². The first-order valence-corrected chi connectivity index (χ1v) is 10.7. The number of ether oxygens (including phenoxy) is 1. The van der Waals surface area contributed by atoms with Gasteiger partial charge in [0.05, 0.1) is 11.6 Å². The molecule has 1 fully saturated rings. The Bertz CT molecular complexity index is 1130. The number of alkyl halides is 3. The van der Waals surface area contributed by atoms with Crippen LogP contribution in [0.5, 0.6) is 0 Å². The second kappa shape index (κ2) is 8.01. The SMILES string of the molecule is O=C(OCc1ccccc1)N1CC[C@@H]2C[C@@H]1c1c(-c3ccc(C(F)(F)F)cc3)cccc12. The van der Waals surface area contributed by atoms with E-state index in [-0.39, 0.29) is 18.7 Å². The topological polar surface area (TPSA) is 29.5 Å². The highest BCUT2D eigenvalue weighted by Gasteiger charge is 2.42. The standard InChI is InChI=1S/C26H22F3NO2/c27-26(28,29)20-11-9-18(10-12-20)21-7-4-8-22-19-13-14-30(23(15-19)24(21)22)25(31)32-16-17-5-2-1-3-6-17/h1-12,19,23H,13-16H2/t19-,23-/m1/s1. The first-order valence-electron chi connectivity index (χ1n) is 10.7. The Morgan fingerprint density at radius 1 is 0.969 bits per heavy atom. The van der Waals surface area contributed by atoms with Crippen LogP contribution in [0.4, 0.5) is 18.0 Å². The Balaban J connectivity index is 1.43. The van der Waals surface area contributed by atoms with Crippen molar-refractivity contribution in [2.75, 3.05) is 6.54 Å². The van der Waals surface area contributed by atoms with Crippen LogP contribution in [0.2, 0.25) is 0 Å². The van der Waals surface area contributed by atoms with E-state index in [4.69, 9.17) is 4.74 Å². The van der Waals surface area contributed by atoms with Crippen molar-refractivity contribution in [1.29, 1.82) is 0 Å². The molecule has 1 aliphatic carbocycles. The van der Waals surface area contributed by atoms with E-state index in [1.54, 1.807) is 4.90 Å². The summed E-state index contributed by atoms with van der Waals surface area (Å²) in [5.41, 5.74) is 4.08. The van der Waals surface area contributed by atoms with Gasteiger partial charge >= 0.3 is 12.3 Å². The van der Waals surface area contributed by atoms with Gasteiger partial charge in [0, 0.05) is 6.54 Å². The molecule has 0 saturated carbocycles. The zero-order valence-corrected chi connectivity index (χ0v) is 17.3. The maximum absolute atomic E-state index is 13.0. The molecule has 5 rings (SSSR count). The molecule has 0 N–H and O–H groups in total. The number of carbonyl (C=O) groups excluding carboxylic acids is 1. The molecule has 0 spiro atoms. The van der Waals surface area contributed by atoms with Crippen LogP contribution >= 0.6 is 0 Å². The van der Waals surface area contributed by atoms with Crippen molar-refractivity contribution >= 4 is 6.09 Å². The number of nitrogens with zero attached hydrogens (tertiary/aromatic N) is 1.